The van der Waals surface area contributed by atoms with Crippen LogP contribution >= 0.6 is 15.9 Å². The molecule has 2 atom stereocenters. The van der Waals surface area contributed by atoms with Gasteiger partial charge in [0.05, 0.1) is 16.7 Å². The summed E-state index contributed by atoms with van der Waals surface area (Å²) in [5, 5.41) is 14.4. The SMILES string of the molecule is C/C=C(/C)CC1(O)Cn2c(Br)ccc2C(=O)N[C@@]1(C)CC. The highest BCUT2D eigenvalue weighted by atomic mass is 79.9. The van der Waals surface area contributed by atoms with E-state index < -0.39 is 11.1 Å². The number of halogens is 1. The molecule has 1 unspecified atom stereocenters. The minimum absolute atomic E-state index is 0.140. The predicted molar refractivity (Wildman–Crippen MR) is 87.3 cm³/mol. The molecule has 2 N–H and O–H groups in total. The van der Waals surface area contributed by atoms with E-state index in [-0.39, 0.29) is 5.91 Å². The summed E-state index contributed by atoms with van der Waals surface area (Å²) >= 11 is 3.47. The van der Waals surface area contributed by atoms with Gasteiger partial charge in [-0.2, -0.15) is 0 Å². The van der Waals surface area contributed by atoms with Gasteiger partial charge in [0.1, 0.15) is 11.3 Å². The number of amides is 1. The lowest BCUT2D eigenvalue weighted by molar-refractivity contribution is -0.0536. The summed E-state index contributed by atoms with van der Waals surface area (Å²) in [6.45, 7) is 8.27. The molecule has 0 radical (unpaired) electrons. The molecule has 1 aromatic rings. The molecule has 0 saturated heterocycles. The van der Waals surface area contributed by atoms with E-state index >= 15 is 0 Å². The Labute approximate surface area is 134 Å². The first-order valence-electron chi connectivity index (χ1n) is 7.28. The van der Waals surface area contributed by atoms with E-state index in [1.165, 1.54) is 0 Å². The summed E-state index contributed by atoms with van der Waals surface area (Å²) in [4.78, 5) is 12.5. The molecule has 0 fully saturated rings. The lowest BCUT2D eigenvalue weighted by Gasteiger charge is -2.44. The van der Waals surface area contributed by atoms with Gasteiger partial charge < -0.3 is 15.0 Å². The molecular formula is C16H23BrN2O2. The van der Waals surface area contributed by atoms with Crippen LogP contribution in [-0.4, -0.2) is 26.7 Å². The highest BCUT2D eigenvalue weighted by Crippen LogP contribution is 2.37. The van der Waals surface area contributed by atoms with Crippen LogP contribution in [0, 0.1) is 0 Å². The molecule has 21 heavy (non-hydrogen) atoms. The topological polar surface area (TPSA) is 54.3 Å². The van der Waals surface area contributed by atoms with Crippen LogP contribution in [0.5, 0.6) is 0 Å². The van der Waals surface area contributed by atoms with E-state index in [2.05, 4.69) is 21.2 Å². The second-order valence-corrected chi connectivity index (χ2v) is 6.92. The first-order valence-corrected chi connectivity index (χ1v) is 8.07. The number of allylic oxidation sites excluding steroid dienone is 1. The summed E-state index contributed by atoms with van der Waals surface area (Å²) < 4.78 is 2.66. The van der Waals surface area contributed by atoms with Gasteiger partial charge in [0.15, 0.2) is 0 Å². The number of aliphatic hydroxyl groups is 1. The first-order chi connectivity index (χ1) is 9.76. The van der Waals surface area contributed by atoms with Gasteiger partial charge in [0.25, 0.3) is 5.91 Å². The van der Waals surface area contributed by atoms with Gasteiger partial charge in [-0.25, -0.2) is 0 Å². The van der Waals surface area contributed by atoms with Gasteiger partial charge in [-0.3, -0.25) is 4.79 Å². The zero-order valence-electron chi connectivity index (χ0n) is 13.0. The third-order valence-electron chi connectivity index (χ3n) is 4.77. The summed E-state index contributed by atoms with van der Waals surface area (Å²) in [6.07, 6.45) is 3.19. The van der Waals surface area contributed by atoms with Crippen molar-refractivity contribution in [1.29, 1.82) is 0 Å². The number of aromatic nitrogens is 1. The fourth-order valence-electron chi connectivity index (χ4n) is 2.90. The zero-order chi connectivity index (χ0) is 15.8. The van der Waals surface area contributed by atoms with Gasteiger partial charge in [0, 0.05) is 6.42 Å². The number of carbonyl (C=O) groups is 1. The minimum atomic E-state index is -1.04. The largest absolute Gasteiger partial charge is 0.385 e. The van der Waals surface area contributed by atoms with E-state index in [1.54, 1.807) is 6.07 Å². The van der Waals surface area contributed by atoms with Crippen LogP contribution in [0.2, 0.25) is 0 Å². The molecule has 116 valence electrons. The smallest absolute Gasteiger partial charge is 0.268 e. The van der Waals surface area contributed by atoms with E-state index in [1.807, 2.05) is 44.4 Å². The Bertz CT molecular complexity index is 593. The molecule has 1 aliphatic heterocycles. The summed E-state index contributed by atoms with van der Waals surface area (Å²) in [6, 6.07) is 3.62. The van der Waals surface area contributed by atoms with Crippen molar-refractivity contribution in [2.75, 3.05) is 0 Å². The Morgan fingerprint density at radius 2 is 2.24 bits per heavy atom. The van der Waals surface area contributed by atoms with E-state index in [0.717, 1.165) is 10.2 Å². The second kappa shape index (κ2) is 5.61. The van der Waals surface area contributed by atoms with Crippen molar-refractivity contribution in [1.82, 2.24) is 9.88 Å². The fraction of sp³-hybridized carbons (Fsp3) is 0.562. The Kier molecular flexibility index (Phi) is 4.36. The highest BCUT2D eigenvalue weighted by Gasteiger charge is 2.49. The summed E-state index contributed by atoms with van der Waals surface area (Å²) in [5.41, 5.74) is -0.0260. The molecule has 1 aliphatic rings. The average molecular weight is 355 g/mol. The van der Waals surface area contributed by atoms with Crippen molar-refractivity contribution in [3.05, 3.63) is 34.1 Å². The number of nitrogens with one attached hydrogen (secondary N) is 1. The molecule has 0 aliphatic carbocycles. The second-order valence-electron chi connectivity index (χ2n) is 6.11. The van der Waals surface area contributed by atoms with Crippen LogP contribution in [-0.2, 0) is 6.54 Å². The summed E-state index contributed by atoms with van der Waals surface area (Å²) in [7, 11) is 0. The van der Waals surface area contributed by atoms with Gasteiger partial charge in [-0.05, 0) is 55.3 Å². The number of hydrogen-bond donors (Lipinski definition) is 2. The zero-order valence-corrected chi connectivity index (χ0v) is 14.6. The van der Waals surface area contributed by atoms with Crippen molar-refractivity contribution >= 4 is 21.8 Å². The van der Waals surface area contributed by atoms with Crippen molar-refractivity contribution in [2.24, 2.45) is 0 Å². The number of fused-ring (bicyclic) bond motifs is 1. The molecule has 1 aromatic heterocycles. The first kappa shape index (κ1) is 16.3. The molecule has 0 spiro atoms. The van der Waals surface area contributed by atoms with E-state index in [4.69, 9.17) is 0 Å². The summed E-state index contributed by atoms with van der Waals surface area (Å²) in [5.74, 6) is -0.140. The van der Waals surface area contributed by atoms with Crippen molar-refractivity contribution in [3.63, 3.8) is 0 Å². The normalized spacial score (nSPS) is 29.8. The fourth-order valence-corrected chi connectivity index (χ4v) is 3.35. The van der Waals surface area contributed by atoms with E-state index in [0.29, 0.717) is 25.1 Å². The molecule has 0 aromatic carbocycles. The Hall–Kier alpha value is -1.07. The van der Waals surface area contributed by atoms with Crippen LogP contribution in [0.25, 0.3) is 0 Å². The van der Waals surface area contributed by atoms with Gasteiger partial charge in [-0.1, -0.05) is 18.6 Å². The van der Waals surface area contributed by atoms with Crippen LogP contribution in [0.1, 0.15) is 51.0 Å². The molecule has 4 nitrogen and oxygen atoms in total. The van der Waals surface area contributed by atoms with Gasteiger partial charge >= 0.3 is 0 Å². The Morgan fingerprint density at radius 3 is 2.81 bits per heavy atom. The average Bonchev–Trinajstić information content (AvgIpc) is 2.75. The van der Waals surface area contributed by atoms with Crippen LogP contribution in [0.4, 0.5) is 0 Å². The molecule has 0 bridgehead atoms. The number of nitrogens with zero attached hydrogens (tertiary/aromatic N) is 1. The van der Waals surface area contributed by atoms with Crippen molar-refractivity contribution in [2.45, 2.75) is 58.2 Å². The standard InChI is InChI=1S/C16H23BrN2O2/c1-5-11(3)9-16(21)10-19-12(7-8-13(19)17)14(20)18-15(16,4)6-2/h5,7-8,21H,6,9-10H2,1-4H3,(H,18,20)/b11-5-/t15-,16?/m0/s1. The Morgan fingerprint density at radius 1 is 1.57 bits per heavy atom. The third-order valence-corrected chi connectivity index (χ3v) is 5.46. The van der Waals surface area contributed by atoms with Gasteiger partial charge in [0.2, 0.25) is 0 Å². The third kappa shape index (κ3) is 2.69. The monoisotopic (exact) mass is 354 g/mol. The molecule has 0 saturated carbocycles. The van der Waals surface area contributed by atoms with Crippen molar-refractivity contribution < 1.29 is 9.90 Å². The molecule has 5 heteroatoms. The maximum absolute atomic E-state index is 12.5. The molecule has 2 heterocycles. The quantitative estimate of drug-likeness (QED) is 0.818. The highest BCUT2D eigenvalue weighted by molar-refractivity contribution is 9.10. The van der Waals surface area contributed by atoms with Crippen LogP contribution in [0.3, 0.4) is 0 Å². The predicted octanol–water partition coefficient (Wildman–Crippen LogP) is 3.25. The maximum atomic E-state index is 12.5. The lowest BCUT2D eigenvalue weighted by atomic mass is 9.75. The molecular weight excluding hydrogens is 332 g/mol. The van der Waals surface area contributed by atoms with Crippen LogP contribution in [0.15, 0.2) is 28.4 Å². The molecule has 2 rings (SSSR count). The number of hydrogen-bond acceptors (Lipinski definition) is 2. The number of rotatable bonds is 3. The lowest BCUT2D eigenvalue weighted by Crippen LogP contribution is -2.62. The number of carbonyl (C=O) groups excluding carboxylic acids is 1. The van der Waals surface area contributed by atoms with E-state index in [9.17, 15) is 9.90 Å². The van der Waals surface area contributed by atoms with Crippen molar-refractivity contribution in [3.8, 4) is 0 Å². The maximum Gasteiger partial charge on any atom is 0.268 e. The Balaban J connectivity index is 2.55. The van der Waals surface area contributed by atoms with Gasteiger partial charge in [-0.15, -0.1) is 0 Å². The minimum Gasteiger partial charge on any atom is -0.385 e. The molecule has 1 amide bonds. The van der Waals surface area contributed by atoms with Crippen LogP contribution < -0.4 is 5.32 Å².